The molecule has 0 amide bonds. The Balaban J connectivity index is 1.54. The number of H-pyrrole nitrogens is 1. The van der Waals surface area contributed by atoms with E-state index in [9.17, 15) is 18.0 Å². The van der Waals surface area contributed by atoms with Gasteiger partial charge in [0.2, 0.25) is 5.89 Å². The van der Waals surface area contributed by atoms with Crippen molar-refractivity contribution in [3.63, 3.8) is 0 Å². The highest BCUT2D eigenvalue weighted by Gasteiger charge is 2.34. The number of oxazole rings is 1. The molecule has 0 spiro atoms. The van der Waals surface area contributed by atoms with Gasteiger partial charge in [0.05, 0.1) is 23.4 Å². The third kappa shape index (κ3) is 3.05. The maximum atomic E-state index is 13.1. The number of rotatable bonds is 3. The standard InChI is InChI=1S/C17H14F3N3O3/c18-17(19,20)13-4-2-1-3-11(13)16-21-10(9-25-16)7-23-6-5-12-14(8-23)26-22-15(12)24/h1-4,9H,5-8H2,(H,22,24). The fourth-order valence-corrected chi connectivity index (χ4v) is 3.07. The molecular formula is C17H14F3N3O3. The number of hydrogen-bond donors (Lipinski definition) is 1. The lowest BCUT2D eigenvalue weighted by molar-refractivity contribution is -0.137. The first-order valence-corrected chi connectivity index (χ1v) is 7.94. The van der Waals surface area contributed by atoms with Crippen molar-refractivity contribution < 1.29 is 22.1 Å². The average molecular weight is 365 g/mol. The van der Waals surface area contributed by atoms with Gasteiger partial charge in [-0.25, -0.2) is 4.98 Å². The summed E-state index contributed by atoms with van der Waals surface area (Å²) in [6.07, 6.45) is -2.59. The molecule has 3 aromatic rings. The molecule has 1 aliphatic rings. The number of fused-ring (bicyclic) bond motifs is 1. The smallest absolute Gasteiger partial charge is 0.417 e. The van der Waals surface area contributed by atoms with Crippen molar-refractivity contribution in [3.05, 3.63) is 63.5 Å². The van der Waals surface area contributed by atoms with Crippen LogP contribution in [0.3, 0.4) is 0 Å². The number of nitrogens with one attached hydrogen (secondary N) is 1. The van der Waals surface area contributed by atoms with Crippen LogP contribution >= 0.6 is 0 Å². The minimum Gasteiger partial charge on any atom is -0.444 e. The number of aromatic amines is 1. The maximum Gasteiger partial charge on any atom is 0.417 e. The lowest BCUT2D eigenvalue weighted by Gasteiger charge is -2.23. The van der Waals surface area contributed by atoms with Crippen molar-refractivity contribution >= 4 is 0 Å². The van der Waals surface area contributed by atoms with Gasteiger partial charge in [-0.1, -0.05) is 12.1 Å². The van der Waals surface area contributed by atoms with Gasteiger partial charge in [-0.15, -0.1) is 0 Å². The fourth-order valence-electron chi connectivity index (χ4n) is 3.07. The molecule has 0 unspecified atom stereocenters. The highest BCUT2D eigenvalue weighted by Crippen LogP contribution is 2.36. The van der Waals surface area contributed by atoms with Crippen LogP contribution in [0.15, 0.2) is 44.3 Å². The SMILES string of the molecule is O=c1[nH]oc2c1CCN(Cc1coc(-c3ccccc3C(F)(F)F)n1)C2. The Labute approximate surface area is 145 Å². The van der Waals surface area contributed by atoms with Gasteiger partial charge in [0.1, 0.15) is 6.26 Å². The lowest BCUT2D eigenvalue weighted by atomic mass is 10.1. The second-order valence-corrected chi connectivity index (χ2v) is 6.08. The topological polar surface area (TPSA) is 75.3 Å². The molecule has 6 nitrogen and oxygen atoms in total. The van der Waals surface area contributed by atoms with Crippen LogP contribution in [-0.4, -0.2) is 21.6 Å². The molecule has 0 fully saturated rings. The predicted octanol–water partition coefficient (Wildman–Crippen LogP) is 3.20. The molecule has 3 heterocycles. The Morgan fingerprint density at radius 2 is 2.08 bits per heavy atom. The van der Waals surface area contributed by atoms with Crippen LogP contribution in [-0.2, 0) is 25.7 Å². The van der Waals surface area contributed by atoms with Gasteiger partial charge in [0, 0.05) is 18.7 Å². The van der Waals surface area contributed by atoms with E-state index < -0.39 is 11.7 Å². The van der Waals surface area contributed by atoms with E-state index in [0.29, 0.717) is 43.1 Å². The van der Waals surface area contributed by atoms with Crippen LogP contribution in [0, 0.1) is 0 Å². The minimum absolute atomic E-state index is 0.0706. The monoisotopic (exact) mass is 365 g/mol. The van der Waals surface area contributed by atoms with E-state index in [1.807, 2.05) is 4.90 Å². The minimum atomic E-state index is -4.49. The summed E-state index contributed by atoms with van der Waals surface area (Å²) >= 11 is 0. The normalized spacial score (nSPS) is 15.2. The second kappa shape index (κ2) is 6.17. The molecule has 0 bridgehead atoms. The zero-order valence-electron chi connectivity index (χ0n) is 13.5. The summed E-state index contributed by atoms with van der Waals surface area (Å²) in [5.74, 6) is 0.506. The summed E-state index contributed by atoms with van der Waals surface area (Å²) in [7, 11) is 0. The highest BCUT2D eigenvalue weighted by molar-refractivity contribution is 5.59. The molecule has 1 N–H and O–H groups in total. The van der Waals surface area contributed by atoms with Crippen molar-refractivity contribution in [1.82, 2.24) is 15.0 Å². The molecule has 136 valence electrons. The number of hydrogen-bond acceptors (Lipinski definition) is 5. The van der Waals surface area contributed by atoms with Crippen LogP contribution in [0.2, 0.25) is 0 Å². The molecule has 9 heteroatoms. The molecule has 0 saturated heterocycles. The highest BCUT2D eigenvalue weighted by atomic mass is 19.4. The first-order chi connectivity index (χ1) is 12.4. The summed E-state index contributed by atoms with van der Waals surface area (Å²) in [5, 5.41) is 2.31. The van der Waals surface area contributed by atoms with E-state index in [-0.39, 0.29) is 17.0 Å². The van der Waals surface area contributed by atoms with E-state index in [0.717, 1.165) is 6.07 Å². The first-order valence-electron chi connectivity index (χ1n) is 7.94. The third-order valence-electron chi connectivity index (χ3n) is 4.32. The molecule has 1 aliphatic heterocycles. The second-order valence-electron chi connectivity index (χ2n) is 6.08. The Kier molecular flexibility index (Phi) is 3.95. The van der Waals surface area contributed by atoms with Gasteiger partial charge in [-0.05, 0) is 18.6 Å². The molecule has 0 atom stereocenters. The molecule has 0 radical (unpaired) electrons. The van der Waals surface area contributed by atoms with Crippen molar-refractivity contribution in [1.29, 1.82) is 0 Å². The first kappa shape index (κ1) is 16.6. The van der Waals surface area contributed by atoms with E-state index in [1.165, 1.54) is 24.5 Å². The van der Waals surface area contributed by atoms with Gasteiger partial charge in [0.15, 0.2) is 5.76 Å². The van der Waals surface area contributed by atoms with Gasteiger partial charge >= 0.3 is 6.18 Å². The Morgan fingerprint density at radius 1 is 1.27 bits per heavy atom. The van der Waals surface area contributed by atoms with Crippen molar-refractivity contribution in [2.24, 2.45) is 0 Å². The molecular weight excluding hydrogens is 351 g/mol. The van der Waals surface area contributed by atoms with Gasteiger partial charge in [-0.2, -0.15) is 18.3 Å². The van der Waals surface area contributed by atoms with Gasteiger partial charge < -0.3 is 8.94 Å². The van der Waals surface area contributed by atoms with E-state index in [4.69, 9.17) is 8.94 Å². The van der Waals surface area contributed by atoms with Crippen molar-refractivity contribution in [2.45, 2.75) is 25.7 Å². The van der Waals surface area contributed by atoms with Crippen molar-refractivity contribution in [2.75, 3.05) is 6.54 Å². The fraction of sp³-hybridized carbons (Fsp3) is 0.294. The molecule has 4 rings (SSSR count). The molecule has 1 aromatic carbocycles. The number of aromatic nitrogens is 2. The zero-order chi connectivity index (χ0) is 18.3. The average Bonchev–Trinajstić information content (AvgIpc) is 3.21. The Morgan fingerprint density at radius 3 is 2.88 bits per heavy atom. The lowest BCUT2D eigenvalue weighted by Crippen LogP contribution is -2.31. The largest absolute Gasteiger partial charge is 0.444 e. The molecule has 2 aromatic heterocycles. The summed E-state index contributed by atoms with van der Waals surface area (Å²) in [5.41, 5.74) is 0.0561. The number of halogens is 3. The van der Waals surface area contributed by atoms with Crippen LogP contribution in [0.4, 0.5) is 13.2 Å². The zero-order valence-corrected chi connectivity index (χ0v) is 13.5. The van der Waals surface area contributed by atoms with Crippen LogP contribution in [0.1, 0.15) is 22.6 Å². The van der Waals surface area contributed by atoms with E-state index >= 15 is 0 Å². The molecule has 26 heavy (non-hydrogen) atoms. The van der Waals surface area contributed by atoms with Crippen LogP contribution < -0.4 is 5.56 Å². The van der Waals surface area contributed by atoms with E-state index in [1.54, 1.807) is 0 Å². The predicted molar refractivity (Wildman–Crippen MR) is 84.1 cm³/mol. The number of alkyl halides is 3. The number of nitrogens with zero attached hydrogens (tertiary/aromatic N) is 2. The molecule has 0 saturated carbocycles. The number of benzene rings is 1. The Bertz CT molecular complexity index is 987. The summed E-state index contributed by atoms with van der Waals surface area (Å²) in [6.45, 7) is 1.43. The summed E-state index contributed by atoms with van der Waals surface area (Å²) in [6, 6.07) is 5.17. The summed E-state index contributed by atoms with van der Waals surface area (Å²) < 4.78 is 49.8. The van der Waals surface area contributed by atoms with E-state index in [2.05, 4.69) is 10.1 Å². The Hall–Kier alpha value is -2.81. The van der Waals surface area contributed by atoms with Crippen molar-refractivity contribution in [3.8, 4) is 11.5 Å². The quantitative estimate of drug-likeness (QED) is 0.771. The van der Waals surface area contributed by atoms with Crippen LogP contribution in [0.25, 0.3) is 11.5 Å². The van der Waals surface area contributed by atoms with Crippen LogP contribution in [0.5, 0.6) is 0 Å². The maximum absolute atomic E-state index is 13.1. The molecule has 0 aliphatic carbocycles. The third-order valence-corrected chi connectivity index (χ3v) is 4.32. The van der Waals surface area contributed by atoms with Gasteiger partial charge in [-0.3, -0.25) is 9.69 Å². The van der Waals surface area contributed by atoms with Gasteiger partial charge in [0.25, 0.3) is 5.56 Å². The summed E-state index contributed by atoms with van der Waals surface area (Å²) in [4.78, 5) is 17.7.